The Morgan fingerprint density at radius 2 is 1.70 bits per heavy atom. The molecule has 0 unspecified atom stereocenters. The molecule has 1 aromatic carbocycles. The molecular formula is C21H31N4O4S+. The zero-order valence-corrected chi connectivity index (χ0v) is 18.5. The quantitative estimate of drug-likeness (QED) is 0.668. The highest BCUT2D eigenvalue weighted by molar-refractivity contribution is 7.89. The maximum atomic E-state index is 13.0. The van der Waals surface area contributed by atoms with E-state index in [0.29, 0.717) is 56.5 Å². The predicted octanol–water partition coefficient (Wildman–Crippen LogP) is 0.342. The Morgan fingerprint density at radius 3 is 2.30 bits per heavy atom. The highest BCUT2D eigenvalue weighted by Crippen LogP contribution is 2.36. The van der Waals surface area contributed by atoms with Crippen molar-refractivity contribution in [2.75, 3.05) is 32.8 Å². The number of urea groups is 1. The van der Waals surface area contributed by atoms with E-state index in [1.54, 1.807) is 24.3 Å². The Labute approximate surface area is 178 Å². The summed E-state index contributed by atoms with van der Waals surface area (Å²) in [4.78, 5) is 28.3. The van der Waals surface area contributed by atoms with E-state index in [1.807, 2.05) is 6.92 Å². The Hall–Kier alpha value is -1.97. The average Bonchev–Trinajstić information content (AvgIpc) is 2.95. The number of aryl methyl sites for hydroxylation is 1. The topological polar surface area (TPSA) is 91.2 Å². The van der Waals surface area contributed by atoms with Gasteiger partial charge < -0.3 is 10.2 Å². The van der Waals surface area contributed by atoms with E-state index in [2.05, 4.69) is 12.2 Å². The van der Waals surface area contributed by atoms with Gasteiger partial charge in [-0.3, -0.25) is 4.79 Å². The fourth-order valence-electron chi connectivity index (χ4n) is 4.70. The third kappa shape index (κ3) is 3.86. The predicted molar refractivity (Wildman–Crippen MR) is 111 cm³/mol. The maximum absolute atomic E-state index is 13.0. The molecule has 3 amide bonds. The lowest BCUT2D eigenvalue weighted by Gasteiger charge is -2.34. The van der Waals surface area contributed by atoms with Crippen LogP contribution in [0.3, 0.4) is 0 Å². The molecule has 2 aliphatic heterocycles. The van der Waals surface area contributed by atoms with Crippen molar-refractivity contribution >= 4 is 22.0 Å². The second-order valence-corrected chi connectivity index (χ2v) is 11.0. The van der Waals surface area contributed by atoms with Crippen LogP contribution in [0.1, 0.15) is 38.2 Å². The first kappa shape index (κ1) is 21.3. The van der Waals surface area contributed by atoms with Crippen LogP contribution in [0.5, 0.6) is 0 Å². The molecular weight excluding hydrogens is 404 g/mol. The summed E-state index contributed by atoms with van der Waals surface area (Å²) in [5.41, 5.74) is 0.293. The van der Waals surface area contributed by atoms with Crippen LogP contribution >= 0.6 is 0 Å². The number of hydrogen-bond acceptors (Lipinski definition) is 4. The van der Waals surface area contributed by atoms with Crippen molar-refractivity contribution in [2.24, 2.45) is 5.92 Å². The van der Waals surface area contributed by atoms with Crippen LogP contribution in [0, 0.1) is 12.8 Å². The summed E-state index contributed by atoms with van der Waals surface area (Å²) in [7, 11) is -3.52. The van der Waals surface area contributed by atoms with Gasteiger partial charge in [0.25, 0.3) is 5.91 Å². The van der Waals surface area contributed by atoms with Crippen molar-refractivity contribution in [3.05, 3.63) is 29.8 Å². The summed E-state index contributed by atoms with van der Waals surface area (Å²) in [5, 5.41) is 2.96. The first-order valence-electron chi connectivity index (χ1n) is 10.8. The van der Waals surface area contributed by atoms with Gasteiger partial charge in [0.05, 0.1) is 31.1 Å². The first-order valence-corrected chi connectivity index (χ1v) is 12.2. The van der Waals surface area contributed by atoms with Gasteiger partial charge in [-0.2, -0.15) is 4.31 Å². The summed E-state index contributed by atoms with van der Waals surface area (Å²) in [6.45, 7) is 6.26. The molecule has 3 aliphatic rings. The van der Waals surface area contributed by atoms with Crippen LogP contribution in [0.25, 0.3) is 0 Å². The van der Waals surface area contributed by atoms with Gasteiger partial charge >= 0.3 is 6.03 Å². The van der Waals surface area contributed by atoms with Gasteiger partial charge in [-0.25, -0.2) is 18.1 Å². The number of nitrogens with one attached hydrogen (secondary N) is 2. The lowest BCUT2D eigenvalue weighted by molar-refractivity contribution is -0.910. The minimum atomic E-state index is -3.52. The third-order valence-corrected chi connectivity index (χ3v) is 8.76. The Balaban J connectivity index is 1.36. The van der Waals surface area contributed by atoms with Crippen LogP contribution < -0.4 is 10.2 Å². The monoisotopic (exact) mass is 435 g/mol. The van der Waals surface area contributed by atoms with Gasteiger partial charge in [0, 0.05) is 0 Å². The van der Waals surface area contributed by atoms with Gasteiger partial charge in [0.15, 0.2) is 6.67 Å². The van der Waals surface area contributed by atoms with Crippen LogP contribution in [0.15, 0.2) is 29.2 Å². The van der Waals surface area contributed by atoms with Crippen LogP contribution in [0.2, 0.25) is 0 Å². The van der Waals surface area contributed by atoms with E-state index in [9.17, 15) is 18.0 Å². The molecule has 0 atom stereocenters. The Morgan fingerprint density at radius 1 is 1.10 bits per heavy atom. The Kier molecular flexibility index (Phi) is 5.63. The van der Waals surface area contributed by atoms with Crippen molar-refractivity contribution in [3.63, 3.8) is 0 Å². The van der Waals surface area contributed by atoms with Crippen LogP contribution in [-0.2, 0) is 14.8 Å². The highest BCUT2D eigenvalue weighted by Gasteiger charge is 2.53. The molecule has 1 aliphatic carbocycles. The van der Waals surface area contributed by atoms with Gasteiger partial charge in [-0.15, -0.1) is 0 Å². The van der Waals surface area contributed by atoms with Gasteiger partial charge in [-0.05, 0) is 50.7 Å². The number of quaternary nitrogens is 1. The van der Waals surface area contributed by atoms with Crippen molar-refractivity contribution in [1.82, 2.24) is 14.5 Å². The number of nitrogens with zero attached hydrogens (tertiary/aromatic N) is 2. The molecule has 0 aromatic heterocycles. The normalized spacial score (nSPS) is 28.9. The number of carbonyl (C=O) groups is 2. The van der Waals surface area contributed by atoms with Crippen LogP contribution in [0.4, 0.5) is 4.79 Å². The molecule has 3 fully saturated rings. The fourth-order valence-corrected chi connectivity index (χ4v) is 6.14. The number of hydrogen-bond donors (Lipinski definition) is 2. The van der Waals surface area contributed by atoms with E-state index < -0.39 is 15.6 Å². The van der Waals surface area contributed by atoms with E-state index in [1.165, 1.54) is 9.21 Å². The lowest BCUT2D eigenvalue weighted by Crippen LogP contribution is -3.16. The number of benzene rings is 1. The number of imide groups is 1. The van der Waals surface area contributed by atoms with Gasteiger partial charge in [0.1, 0.15) is 5.54 Å². The second kappa shape index (κ2) is 7.94. The molecule has 1 saturated carbocycles. The van der Waals surface area contributed by atoms with E-state index >= 15 is 0 Å². The number of sulfonamides is 1. The molecule has 1 aromatic rings. The number of piperazine rings is 1. The summed E-state index contributed by atoms with van der Waals surface area (Å²) in [6.07, 6.45) is 3.30. The summed E-state index contributed by atoms with van der Waals surface area (Å²) < 4.78 is 27.2. The molecule has 164 valence electrons. The lowest BCUT2D eigenvalue weighted by atomic mass is 9.77. The number of carbonyl (C=O) groups excluding carboxylic acids is 2. The summed E-state index contributed by atoms with van der Waals surface area (Å²) in [6, 6.07) is 6.57. The largest absolute Gasteiger partial charge is 0.329 e. The van der Waals surface area contributed by atoms with Crippen LogP contribution in [-0.4, -0.2) is 67.9 Å². The van der Waals surface area contributed by atoms with Crippen molar-refractivity contribution in [2.45, 2.75) is 50.0 Å². The average molecular weight is 436 g/mol. The molecule has 2 N–H and O–H groups in total. The molecule has 0 bridgehead atoms. The zero-order valence-electron chi connectivity index (χ0n) is 17.7. The van der Waals surface area contributed by atoms with Crippen molar-refractivity contribution < 1.29 is 22.9 Å². The second-order valence-electron chi connectivity index (χ2n) is 9.05. The molecule has 2 saturated heterocycles. The molecule has 2 heterocycles. The molecule has 1 spiro atoms. The number of amides is 3. The molecule has 9 heteroatoms. The van der Waals surface area contributed by atoms with Gasteiger partial charge in [0.2, 0.25) is 10.0 Å². The standard InChI is InChI=1S/C21H30N4O4S/c1-16-3-5-18(6-4-16)30(28,29)24-13-11-23(12-14-24)15-25-19(26)21(22-20(25)27)9-7-17(2)8-10-21/h3-6,17H,7-15H2,1-2H3,(H,22,27)/p+1. The van der Waals surface area contributed by atoms with E-state index in [-0.39, 0.29) is 11.9 Å². The van der Waals surface area contributed by atoms with Crippen molar-refractivity contribution in [3.8, 4) is 0 Å². The maximum Gasteiger partial charge on any atom is 0.329 e. The molecule has 30 heavy (non-hydrogen) atoms. The van der Waals surface area contributed by atoms with E-state index in [4.69, 9.17) is 0 Å². The zero-order chi connectivity index (χ0) is 21.5. The molecule has 8 nitrogen and oxygen atoms in total. The Bertz CT molecular complexity index is 915. The number of rotatable bonds is 4. The summed E-state index contributed by atoms with van der Waals surface area (Å²) in [5.74, 6) is 0.477. The molecule has 4 rings (SSSR count). The molecule has 0 radical (unpaired) electrons. The summed E-state index contributed by atoms with van der Waals surface area (Å²) >= 11 is 0. The fraction of sp³-hybridized carbons (Fsp3) is 0.619. The SMILES string of the molecule is Cc1ccc(S(=O)(=O)N2CC[NH+](CN3C(=O)NC4(CCC(C)CC4)C3=O)CC2)cc1. The first-order chi connectivity index (χ1) is 14.2. The third-order valence-electron chi connectivity index (χ3n) is 6.84. The van der Waals surface area contributed by atoms with E-state index in [0.717, 1.165) is 23.3 Å². The van der Waals surface area contributed by atoms with Crippen molar-refractivity contribution in [1.29, 1.82) is 0 Å². The minimum Gasteiger partial charge on any atom is -0.323 e. The smallest absolute Gasteiger partial charge is 0.323 e. The highest BCUT2D eigenvalue weighted by atomic mass is 32.2. The van der Waals surface area contributed by atoms with Gasteiger partial charge in [-0.1, -0.05) is 24.6 Å². The minimum absolute atomic E-state index is 0.110.